The molecule has 0 bridgehead atoms. The van der Waals surface area contributed by atoms with Crippen LogP contribution in [0.25, 0.3) is 0 Å². The third-order valence-corrected chi connectivity index (χ3v) is 5.19. The van der Waals surface area contributed by atoms with Crippen LogP contribution in [-0.2, 0) is 14.8 Å². The zero-order valence-electron chi connectivity index (χ0n) is 14.2. The molecule has 0 spiro atoms. The van der Waals surface area contributed by atoms with Gasteiger partial charge in [-0.25, -0.2) is 8.42 Å². The van der Waals surface area contributed by atoms with Crippen molar-refractivity contribution >= 4 is 21.6 Å². The molecule has 1 aromatic carbocycles. The number of hydrogen-bond donors (Lipinski definition) is 1. The minimum absolute atomic E-state index is 0.136. The number of nitrogens with zero attached hydrogens (tertiary/aromatic N) is 1. The van der Waals surface area contributed by atoms with E-state index in [1.54, 1.807) is 18.2 Å². The lowest BCUT2D eigenvalue weighted by Gasteiger charge is -2.24. The van der Waals surface area contributed by atoms with Crippen LogP contribution in [0.2, 0.25) is 0 Å². The highest BCUT2D eigenvalue weighted by Crippen LogP contribution is 2.33. The first kappa shape index (κ1) is 18.4. The zero-order valence-corrected chi connectivity index (χ0v) is 15.1. The summed E-state index contributed by atoms with van der Waals surface area (Å²) in [6, 6.07) is 4.92. The molecule has 0 saturated heterocycles. The van der Waals surface area contributed by atoms with Gasteiger partial charge in [-0.05, 0) is 25.0 Å². The Balaban J connectivity index is 2.24. The molecule has 1 aromatic rings. The molecule has 0 aliphatic heterocycles. The van der Waals surface area contributed by atoms with Crippen LogP contribution in [-0.4, -0.2) is 47.4 Å². The van der Waals surface area contributed by atoms with Crippen LogP contribution in [0.1, 0.15) is 25.7 Å². The number of benzene rings is 1. The monoisotopic (exact) mass is 356 g/mol. The number of ether oxygens (including phenoxy) is 2. The van der Waals surface area contributed by atoms with Gasteiger partial charge >= 0.3 is 0 Å². The predicted molar refractivity (Wildman–Crippen MR) is 92.1 cm³/mol. The molecule has 24 heavy (non-hydrogen) atoms. The van der Waals surface area contributed by atoms with Gasteiger partial charge in [-0.1, -0.05) is 12.8 Å². The van der Waals surface area contributed by atoms with Crippen LogP contribution in [0.15, 0.2) is 18.2 Å². The molecule has 1 N–H and O–H groups in total. The number of nitrogens with one attached hydrogen (secondary N) is 1. The summed E-state index contributed by atoms with van der Waals surface area (Å²) in [4.78, 5) is 12.3. The Bertz CT molecular complexity index is 684. The molecule has 0 aromatic heterocycles. The second kappa shape index (κ2) is 7.74. The maximum atomic E-state index is 12.3. The number of sulfonamides is 1. The molecule has 1 amide bonds. The first-order chi connectivity index (χ1) is 11.3. The molecule has 8 heteroatoms. The highest BCUT2D eigenvalue weighted by Gasteiger charge is 2.26. The van der Waals surface area contributed by atoms with Gasteiger partial charge < -0.3 is 14.8 Å². The molecule has 0 atom stereocenters. The van der Waals surface area contributed by atoms with Crippen molar-refractivity contribution in [2.24, 2.45) is 0 Å². The van der Waals surface area contributed by atoms with E-state index < -0.39 is 10.0 Å². The van der Waals surface area contributed by atoms with Gasteiger partial charge in [0.25, 0.3) is 0 Å². The Morgan fingerprint density at radius 1 is 1.25 bits per heavy atom. The van der Waals surface area contributed by atoms with Gasteiger partial charge in [-0.2, -0.15) is 0 Å². The molecule has 1 fully saturated rings. The predicted octanol–water partition coefficient (Wildman–Crippen LogP) is 1.53. The summed E-state index contributed by atoms with van der Waals surface area (Å²) in [5.74, 6) is 0.554. The molecular formula is C16H24N2O5S. The second-order valence-electron chi connectivity index (χ2n) is 5.86. The zero-order chi connectivity index (χ0) is 17.7. The normalized spacial score (nSPS) is 15.1. The molecule has 0 unspecified atom stereocenters. The number of carbonyl (C=O) groups is 1. The highest BCUT2D eigenvalue weighted by molar-refractivity contribution is 7.92. The number of anilines is 1. The van der Waals surface area contributed by atoms with E-state index in [-0.39, 0.29) is 18.5 Å². The number of methoxy groups -OCH3 is 2. The quantitative estimate of drug-likeness (QED) is 0.801. The molecule has 1 aliphatic rings. The van der Waals surface area contributed by atoms with Crippen LogP contribution in [0, 0.1) is 0 Å². The summed E-state index contributed by atoms with van der Waals surface area (Å²) in [6.45, 7) is -0.280. The topological polar surface area (TPSA) is 84.9 Å². The average Bonchev–Trinajstić information content (AvgIpc) is 3.04. The number of carbonyl (C=O) groups excluding carboxylic acids is 1. The van der Waals surface area contributed by atoms with Crippen molar-refractivity contribution in [3.8, 4) is 11.5 Å². The largest absolute Gasteiger partial charge is 0.497 e. The van der Waals surface area contributed by atoms with Gasteiger partial charge in [-0.15, -0.1) is 0 Å². The molecule has 1 saturated carbocycles. The maximum absolute atomic E-state index is 12.3. The van der Waals surface area contributed by atoms with E-state index in [0.29, 0.717) is 17.2 Å². The fourth-order valence-electron chi connectivity index (χ4n) is 2.85. The van der Waals surface area contributed by atoms with Crippen molar-refractivity contribution in [1.82, 2.24) is 5.32 Å². The van der Waals surface area contributed by atoms with E-state index in [0.717, 1.165) is 36.2 Å². The van der Waals surface area contributed by atoms with E-state index in [9.17, 15) is 13.2 Å². The summed E-state index contributed by atoms with van der Waals surface area (Å²) < 4.78 is 35.8. The molecule has 7 nitrogen and oxygen atoms in total. The van der Waals surface area contributed by atoms with E-state index in [1.807, 2.05) is 0 Å². The van der Waals surface area contributed by atoms with Crippen LogP contribution in [0.5, 0.6) is 11.5 Å². The van der Waals surface area contributed by atoms with Crippen molar-refractivity contribution in [2.75, 3.05) is 31.3 Å². The number of rotatable bonds is 7. The fraction of sp³-hybridized carbons (Fsp3) is 0.562. The molecule has 2 rings (SSSR count). The Kier molecular flexibility index (Phi) is 5.93. The summed E-state index contributed by atoms with van der Waals surface area (Å²) >= 11 is 0. The highest BCUT2D eigenvalue weighted by atomic mass is 32.2. The van der Waals surface area contributed by atoms with Crippen molar-refractivity contribution in [1.29, 1.82) is 0 Å². The van der Waals surface area contributed by atoms with Gasteiger partial charge in [-0.3, -0.25) is 9.10 Å². The summed E-state index contributed by atoms with van der Waals surface area (Å²) in [6.07, 6.45) is 5.13. The summed E-state index contributed by atoms with van der Waals surface area (Å²) in [5.41, 5.74) is 0.308. The van der Waals surface area contributed by atoms with E-state index in [2.05, 4.69) is 5.32 Å². The third-order valence-electron chi connectivity index (χ3n) is 4.06. The van der Waals surface area contributed by atoms with Crippen LogP contribution < -0.4 is 19.1 Å². The van der Waals surface area contributed by atoms with Crippen molar-refractivity contribution in [3.63, 3.8) is 0 Å². The Morgan fingerprint density at radius 2 is 1.92 bits per heavy atom. The SMILES string of the molecule is COc1ccc(N(CC(=O)NC2CCCC2)S(C)(=O)=O)c(OC)c1. The standard InChI is InChI=1S/C16H24N2O5S/c1-22-13-8-9-14(15(10-13)23-2)18(24(3,20)21)11-16(19)17-12-6-4-5-7-12/h8-10,12H,4-7,11H2,1-3H3,(H,17,19). The van der Waals surface area contributed by atoms with Gasteiger partial charge in [0.15, 0.2) is 0 Å². The minimum Gasteiger partial charge on any atom is -0.497 e. The fourth-order valence-corrected chi connectivity index (χ4v) is 3.71. The average molecular weight is 356 g/mol. The van der Waals surface area contributed by atoms with Gasteiger partial charge in [0.1, 0.15) is 18.0 Å². The van der Waals surface area contributed by atoms with Gasteiger partial charge in [0.05, 0.1) is 26.2 Å². The third kappa shape index (κ3) is 4.53. The molecule has 1 aliphatic carbocycles. The smallest absolute Gasteiger partial charge is 0.240 e. The molecular weight excluding hydrogens is 332 g/mol. The summed E-state index contributed by atoms with van der Waals surface area (Å²) in [5, 5.41) is 2.90. The molecule has 0 radical (unpaired) electrons. The summed E-state index contributed by atoms with van der Waals surface area (Å²) in [7, 11) is -0.694. The van der Waals surface area contributed by atoms with E-state index >= 15 is 0 Å². The van der Waals surface area contributed by atoms with E-state index in [4.69, 9.17) is 9.47 Å². The van der Waals surface area contributed by atoms with Crippen molar-refractivity contribution in [2.45, 2.75) is 31.7 Å². The van der Waals surface area contributed by atoms with E-state index in [1.165, 1.54) is 14.2 Å². The first-order valence-electron chi connectivity index (χ1n) is 7.84. The lowest BCUT2D eigenvalue weighted by Crippen LogP contribution is -2.43. The van der Waals surface area contributed by atoms with Crippen LogP contribution >= 0.6 is 0 Å². The van der Waals surface area contributed by atoms with Crippen molar-refractivity contribution in [3.05, 3.63) is 18.2 Å². The minimum atomic E-state index is -3.65. The maximum Gasteiger partial charge on any atom is 0.240 e. The Hall–Kier alpha value is -1.96. The Morgan fingerprint density at radius 3 is 2.46 bits per heavy atom. The Labute approximate surface area is 143 Å². The van der Waals surface area contributed by atoms with Gasteiger partial charge in [0.2, 0.25) is 15.9 Å². The second-order valence-corrected chi connectivity index (χ2v) is 7.76. The number of amides is 1. The molecule has 134 valence electrons. The molecule has 0 heterocycles. The lowest BCUT2D eigenvalue weighted by molar-refractivity contribution is -0.120. The van der Waals surface area contributed by atoms with Gasteiger partial charge in [0, 0.05) is 12.1 Å². The van der Waals surface area contributed by atoms with Crippen LogP contribution in [0.3, 0.4) is 0 Å². The van der Waals surface area contributed by atoms with Crippen LogP contribution in [0.4, 0.5) is 5.69 Å². The van der Waals surface area contributed by atoms with Crippen molar-refractivity contribution < 1.29 is 22.7 Å². The first-order valence-corrected chi connectivity index (χ1v) is 9.69. The lowest BCUT2D eigenvalue weighted by atomic mass is 10.2. The number of hydrogen-bond acceptors (Lipinski definition) is 5.